The molecular weight excluding hydrogens is 158 g/mol. The molecule has 0 unspecified atom stereocenters. The van der Waals surface area contributed by atoms with Crippen LogP contribution in [0.1, 0.15) is 6.92 Å². The largest absolute Gasteiger partial charge is 0.392 e. The molecule has 66 valence electrons. The Morgan fingerprint density at radius 2 is 2.58 bits per heavy atom. The van der Waals surface area contributed by atoms with Gasteiger partial charge in [-0.05, 0) is 13.0 Å². The van der Waals surface area contributed by atoms with Crippen LogP contribution in [0.3, 0.4) is 0 Å². The van der Waals surface area contributed by atoms with Gasteiger partial charge in [0.2, 0.25) is 0 Å². The van der Waals surface area contributed by atoms with E-state index in [9.17, 15) is 4.79 Å². The Kier molecular flexibility index (Phi) is 2.82. The highest BCUT2D eigenvalue weighted by molar-refractivity contribution is 5.31. The first kappa shape index (κ1) is 8.73. The maximum Gasteiger partial charge on any atom is 0.346 e. The van der Waals surface area contributed by atoms with Gasteiger partial charge in [0.05, 0.1) is 6.10 Å². The molecule has 0 spiro atoms. The lowest BCUT2D eigenvalue weighted by atomic mass is 10.4. The molecule has 0 saturated heterocycles. The van der Waals surface area contributed by atoms with Crippen LogP contribution < -0.4 is 11.0 Å². The molecule has 0 aliphatic heterocycles. The number of aromatic amines is 1. The fraction of sp³-hybridized carbons (Fsp3) is 0.429. The highest BCUT2D eigenvalue weighted by atomic mass is 16.3. The van der Waals surface area contributed by atoms with Gasteiger partial charge in [0, 0.05) is 12.7 Å². The van der Waals surface area contributed by atoms with Gasteiger partial charge in [0.1, 0.15) is 5.82 Å². The third kappa shape index (κ3) is 2.71. The standard InChI is InChI=1S/C7H11N3O2/c1-5(11)4-9-6-2-3-8-7(12)10-6/h2-3,5,11H,4H2,1H3,(H2,8,9,10,12)/t5-/m1/s1. The van der Waals surface area contributed by atoms with Gasteiger partial charge in [-0.2, -0.15) is 0 Å². The van der Waals surface area contributed by atoms with Crippen molar-refractivity contribution in [3.05, 3.63) is 22.7 Å². The molecule has 1 atom stereocenters. The van der Waals surface area contributed by atoms with E-state index in [0.29, 0.717) is 12.4 Å². The van der Waals surface area contributed by atoms with Crippen LogP contribution in [0.2, 0.25) is 0 Å². The van der Waals surface area contributed by atoms with Crippen molar-refractivity contribution < 1.29 is 5.11 Å². The van der Waals surface area contributed by atoms with Crippen molar-refractivity contribution >= 4 is 5.82 Å². The van der Waals surface area contributed by atoms with Crippen molar-refractivity contribution in [2.75, 3.05) is 11.9 Å². The Balaban J connectivity index is 2.58. The number of rotatable bonds is 3. The fourth-order valence-electron chi connectivity index (χ4n) is 0.729. The van der Waals surface area contributed by atoms with Crippen LogP contribution in [0, 0.1) is 0 Å². The normalized spacial score (nSPS) is 12.5. The topological polar surface area (TPSA) is 78.0 Å². The molecule has 5 nitrogen and oxygen atoms in total. The first-order valence-corrected chi connectivity index (χ1v) is 3.66. The van der Waals surface area contributed by atoms with Gasteiger partial charge in [0.25, 0.3) is 0 Å². The summed E-state index contributed by atoms with van der Waals surface area (Å²) in [5, 5.41) is 11.8. The molecule has 0 radical (unpaired) electrons. The average Bonchev–Trinajstić information content (AvgIpc) is 2.01. The summed E-state index contributed by atoms with van der Waals surface area (Å²) in [7, 11) is 0. The summed E-state index contributed by atoms with van der Waals surface area (Å²) in [6, 6.07) is 1.63. The second-order valence-corrected chi connectivity index (χ2v) is 2.52. The average molecular weight is 169 g/mol. The van der Waals surface area contributed by atoms with E-state index in [1.165, 1.54) is 6.20 Å². The van der Waals surface area contributed by atoms with Crippen molar-refractivity contribution in [1.82, 2.24) is 9.97 Å². The Morgan fingerprint density at radius 1 is 1.83 bits per heavy atom. The van der Waals surface area contributed by atoms with E-state index in [0.717, 1.165) is 0 Å². The van der Waals surface area contributed by atoms with Crippen LogP contribution in [0.4, 0.5) is 5.82 Å². The Bertz CT molecular complexity index is 295. The molecule has 0 amide bonds. The smallest absolute Gasteiger partial charge is 0.346 e. The van der Waals surface area contributed by atoms with Crippen molar-refractivity contribution in [2.45, 2.75) is 13.0 Å². The molecule has 0 bridgehead atoms. The zero-order valence-electron chi connectivity index (χ0n) is 6.74. The van der Waals surface area contributed by atoms with E-state index in [4.69, 9.17) is 5.11 Å². The molecule has 0 aromatic carbocycles. The molecule has 12 heavy (non-hydrogen) atoms. The minimum atomic E-state index is -0.443. The lowest BCUT2D eigenvalue weighted by Gasteiger charge is -2.06. The number of aliphatic hydroxyl groups is 1. The van der Waals surface area contributed by atoms with Crippen LogP contribution >= 0.6 is 0 Å². The first-order chi connectivity index (χ1) is 5.68. The van der Waals surface area contributed by atoms with E-state index >= 15 is 0 Å². The Hall–Kier alpha value is -1.36. The minimum Gasteiger partial charge on any atom is -0.392 e. The lowest BCUT2D eigenvalue weighted by Crippen LogP contribution is -2.19. The number of nitrogens with one attached hydrogen (secondary N) is 2. The maximum absolute atomic E-state index is 10.7. The third-order valence-corrected chi connectivity index (χ3v) is 1.26. The number of hydrogen-bond donors (Lipinski definition) is 3. The number of aliphatic hydroxyl groups excluding tert-OH is 1. The van der Waals surface area contributed by atoms with Crippen molar-refractivity contribution in [3.63, 3.8) is 0 Å². The summed E-state index contributed by atoms with van der Waals surface area (Å²) in [5.74, 6) is 0.566. The van der Waals surface area contributed by atoms with Gasteiger partial charge in [-0.15, -0.1) is 0 Å². The molecule has 0 aliphatic carbocycles. The van der Waals surface area contributed by atoms with Gasteiger partial charge < -0.3 is 10.4 Å². The number of anilines is 1. The number of aromatic nitrogens is 2. The molecule has 1 aromatic rings. The van der Waals surface area contributed by atoms with Gasteiger partial charge in [-0.25, -0.2) is 9.78 Å². The molecule has 3 N–H and O–H groups in total. The van der Waals surface area contributed by atoms with Gasteiger partial charge >= 0.3 is 5.69 Å². The van der Waals surface area contributed by atoms with Crippen molar-refractivity contribution in [1.29, 1.82) is 0 Å². The SMILES string of the molecule is C[C@@H](O)CNc1ccnc(=O)[nH]1. The van der Waals surface area contributed by atoms with Crippen molar-refractivity contribution in [2.24, 2.45) is 0 Å². The molecule has 5 heteroatoms. The summed E-state index contributed by atoms with van der Waals surface area (Å²) < 4.78 is 0. The van der Waals surface area contributed by atoms with E-state index < -0.39 is 11.8 Å². The van der Waals surface area contributed by atoms with Crippen LogP contribution in [-0.2, 0) is 0 Å². The van der Waals surface area contributed by atoms with Crippen LogP contribution in [0.5, 0.6) is 0 Å². The molecule has 1 rings (SSSR count). The predicted molar refractivity (Wildman–Crippen MR) is 45.0 cm³/mol. The molecule has 0 saturated carbocycles. The first-order valence-electron chi connectivity index (χ1n) is 3.66. The van der Waals surface area contributed by atoms with Crippen LogP contribution in [0.25, 0.3) is 0 Å². The summed E-state index contributed by atoms with van der Waals surface area (Å²) in [5.41, 5.74) is -0.398. The molecule has 0 aliphatic rings. The second-order valence-electron chi connectivity index (χ2n) is 2.52. The zero-order chi connectivity index (χ0) is 8.97. The van der Waals surface area contributed by atoms with E-state index in [2.05, 4.69) is 15.3 Å². The summed E-state index contributed by atoms with van der Waals surface area (Å²) in [6.07, 6.45) is 0.963. The van der Waals surface area contributed by atoms with E-state index in [-0.39, 0.29) is 0 Å². The van der Waals surface area contributed by atoms with Gasteiger partial charge in [-0.3, -0.25) is 4.98 Å². The highest BCUT2D eigenvalue weighted by Crippen LogP contribution is 1.95. The number of H-pyrrole nitrogens is 1. The molecule has 1 aromatic heterocycles. The Labute approximate surface area is 69.5 Å². The monoisotopic (exact) mass is 169 g/mol. The van der Waals surface area contributed by atoms with Crippen LogP contribution in [-0.4, -0.2) is 27.7 Å². The third-order valence-electron chi connectivity index (χ3n) is 1.26. The quantitative estimate of drug-likeness (QED) is 0.573. The number of hydrogen-bond acceptors (Lipinski definition) is 4. The predicted octanol–water partition coefficient (Wildman–Crippen LogP) is -0.437. The fourth-order valence-corrected chi connectivity index (χ4v) is 0.729. The van der Waals surface area contributed by atoms with Crippen molar-refractivity contribution in [3.8, 4) is 0 Å². The molecular formula is C7H11N3O2. The Morgan fingerprint density at radius 3 is 3.17 bits per heavy atom. The van der Waals surface area contributed by atoms with E-state index in [1.807, 2.05) is 0 Å². The summed E-state index contributed by atoms with van der Waals surface area (Å²) in [4.78, 5) is 16.6. The highest BCUT2D eigenvalue weighted by Gasteiger charge is 1.95. The zero-order valence-corrected chi connectivity index (χ0v) is 6.74. The lowest BCUT2D eigenvalue weighted by molar-refractivity contribution is 0.208. The number of nitrogens with zero attached hydrogens (tertiary/aromatic N) is 1. The molecule has 1 heterocycles. The summed E-state index contributed by atoms with van der Waals surface area (Å²) in [6.45, 7) is 2.06. The van der Waals surface area contributed by atoms with Crippen LogP contribution in [0.15, 0.2) is 17.1 Å². The van der Waals surface area contributed by atoms with Gasteiger partial charge in [0.15, 0.2) is 0 Å². The second kappa shape index (κ2) is 3.87. The van der Waals surface area contributed by atoms with Gasteiger partial charge in [-0.1, -0.05) is 0 Å². The minimum absolute atomic E-state index is 0.398. The maximum atomic E-state index is 10.7. The van der Waals surface area contributed by atoms with E-state index in [1.54, 1.807) is 13.0 Å². The summed E-state index contributed by atoms with van der Waals surface area (Å²) >= 11 is 0. The molecule has 0 fully saturated rings.